The van der Waals surface area contributed by atoms with Gasteiger partial charge in [0.2, 0.25) is 0 Å². The lowest BCUT2D eigenvalue weighted by Crippen LogP contribution is -2.43. The van der Waals surface area contributed by atoms with Crippen LogP contribution in [0.1, 0.15) is 43.1 Å². The Morgan fingerprint density at radius 2 is 1.86 bits per heavy atom. The van der Waals surface area contributed by atoms with E-state index in [2.05, 4.69) is 5.32 Å². The molecule has 0 saturated heterocycles. The van der Waals surface area contributed by atoms with Crippen LogP contribution >= 0.6 is 11.6 Å². The highest BCUT2D eigenvalue weighted by atomic mass is 35.5. The third-order valence-corrected chi connectivity index (χ3v) is 4.76. The van der Waals surface area contributed by atoms with Gasteiger partial charge in [0.25, 0.3) is 0 Å². The van der Waals surface area contributed by atoms with Crippen molar-refractivity contribution in [2.45, 2.75) is 44.8 Å². The molecule has 0 aliphatic heterocycles. The van der Waals surface area contributed by atoms with E-state index in [1.165, 1.54) is 12.1 Å². The minimum Gasteiger partial charge on any atom is -0.481 e. The monoisotopic (exact) mass is 429 g/mol. The predicted molar refractivity (Wildman–Crippen MR) is 104 cm³/mol. The average Bonchev–Trinajstić information content (AvgIpc) is 2.63. The van der Waals surface area contributed by atoms with Crippen LogP contribution in [0.4, 0.5) is 13.2 Å². The smallest absolute Gasteiger partial charge is 0.303 e. The number of benzene rings is 2. The molecule has 0 aliphatic carbocycles. The Bertz CT molecular complexity index is 890. The lowest BCUT2D eigenvalue weighted by Gasteiger charge is -2.28. The molecule has 1 atom stereocenters. The van der Waals surface area contributed by atoms with E-state index in [9.17, 15) is 23.1 Å². The SMILES string of the molecule is CC(C)(Cc1ccc(Cl)cc1F)NC[C@@H](O)c1cc(CCC(=O)O)cc(F)c1F. The number of carboxylic acids is 1. The summed E-state index contributed by atoms with van der Waals surface area (Å²) >= 11 is 5.75. The van der Waals surface area contributed by atoms with E-state index in [1.807, 2.05) is 0 Å². The fraction of sp³-hybridized carbons (Fsp3) is 0.381. The molecule has 3 N–H and O–H groups in total. The van der Waals surface area contributed by atoms with Crippen molar-refractivity contribution in [2.24, 2.45) is 0 Å². The maximum absolute atomic E-state index is 14.1. The van der Waals surface area contributed by atoms with Crippen LogP contribution in [-0.2, 0) is 17.6 Å². The number of hydrogen-bond acceptors (Lipinski definition) is 3. The third-order valence-electron chi connectivity index (χ3n) is 4.52. The van der Waals surface area contributed by atoms with Gasteiger partial charge in [0, 0.05) is 29.1 Å². The standard InChI is InChI=1S/C21H23ClF3NO3/c1-21(2,10-13-4-5-14(22)9-16(13)23)26-11-18(27)15-7-12(3-6-19(28)29)8-17(24)20(15)25/h4-5,7-9,18,26-27H,3,6,10-11H2,1-2H3,(H,28,29)/t18-/m1/s1. The molecule has 0 aromatic heterocycles. The molecule has 29 heavy (non-hydrogen) atoms. The quantitative estimate of drug-likeness (QED) is 0.552. The molecule has 0 bridgehead atoms. The largest absolute Gasteiger partial charge is 0.481 e. The fourth-order valence-electron chi connectivity index (χ4n) is 2.99. The van der Waals surface area contributed by atoms with Crippen molar-refractivity contribution in [2.75, 3.05) is 6.54 Å². The summed E-state index contributed by atoms with van der Waals surface area (Å²) < 4.78 is 42.0. The van der Waals surface area contributed by atoms with Gasteiger partial charge in [-0.2, -0.15) is 0 Å². The second kappa shape index (κ2) is 9.61. The highest BCUT2D eigenvalue weighted by Gasteiger charge is 2.24. The number of aryl methyl sites for hydroxylation is 1. The van der Waals surface area contributed by atoms with Gasteiger partial charge in [0.05, 0.1) is 6.10 Å². The summed E-state index contributed by atoms with van der Waals surface area (Å²) in [5.74, 6) is -3.84. The molecule has 4 nitrogen and oxygen atoms in total. The summed E-state index contributed by atoms with van der Waals surface area (Å²) in [4.78, 5) is 10.7. The zero-order chi connectivity index (χ0) is 21.8. The van der Waals surface area contributed by atoms with Crippen LogP contribution in [0.3, 0.4) is 0 Å². The molecule has 0 aliphatic rings. The van der Waals surface area contributed by atoms with Crippen LogP contribution in [0.2, 0.25) is 5.02 Å². The maximum Gasteiger partial charge on any atom is 0.303 e. The number of aliphatic hydroxyl groups excluding tert-OH is 1. The lowest BCUT2D eigenvalue weighted by molar-refractivity contribution is -0.136. The van der Waals surface area contributed by atoms with Gasteiger partial charge in [-0.25, -0.2) is 13.2 Å². The van der Waals surface area contributed by atoms with E-state index >= 15 is 0 Å². The van der Waals surface area contributed by atoms with Gasteiger partial charge in [0.15, 0.2) is 11.6 Å². The van der Waals surface area contributed by atoms with Crippen molar-refractivity contribution in [3.05, 3.63) is 69.5 Å². The highest BCUT2D eigenvalue weighted by Crippen LogP contribution is 2.24. The topological polar surface area (TPSA) is 69.6 Å². The fourth-order valence-corrected chi connectivity index (χ4v) is 3.15. The Kier molecular flexibility index (Phi) is 7.68. The van der Waals surface area contributed by atoms with E-state index in [1.54, 1.807) is 26.0 Å². The van der Waals surface area contributed by atoms with Crippen LogP contribution in [0, 0.1) is 17.5 Å². The summed E-state index contributed by atoms with van der Waals surface area (Å²) in [6, 6.07) is 6.54. The molecular formula is C21H23ClF3NO3. The molecule has 0 amide bonds. The molecule has 2 aromatic carbocycles. The van der Waals surface area contributed by atoms with Gasteiger partial charge in [-0.15, -0.1) is 0 Å². The number of aliphatic hydroxyl groups is 1. The Balaban J connectivity index is 2.08. The number of carbonyl (C=O) groups is 1. The van der Waals surface area contributed by atoms with Gasteiger partial charge in [-0.1, -0.05) is 17.7 Å². The number of aliphatic carboxylic acids is 1. The summed E-state index contributed by atoms with van der Waals surface area (Å²) in [5.41, 5.74) is -0.213. The number of nitrogens with one attached hydrogen (secondary N) is 1. The number of halogens is 4. The molecule has 8 heteroatoms. The highest BCUT2D eigenvalue weighted by molar-refractivity contribution is 6.30. The van der Waals surface area contributed by atoms with Crippen molar-refractivity contribution in [1.82, 2.24) is 5.32 Å². The summed E-state index contributed by atoms with van der Waals surface area (Å²) in [7, 11) is 0. The summed E-state index contributed by atoms with van der Waals surface area (Å²) in [6.45, 7) is 3.46. The number of rotatable bonds is 9. The van der Waals surface area contributed by atoms with Crippen molar-refractivity contribution in [1.29, 1.82) is 0 Å². The number of β-amino-alcohol motifs (C(OH)–C–C–N with tert-alkyl or cyclic N) is 1. The molecular weight excluding hydrogens is 407 g/mol. The van der Waals surface area contributed by atoms with E-state index < -0.39 is 35.1 Å². The normalized spacial score (nSPS) is 12.8. The molecule has 2 rings (SSSR count). The van der Waals surface area contributed by atoms with Gasteiger partial charge in [-0.05, 0) is 62.1 Å². The first-order valence-electron chi connectivity index (χ1n) is 9.05. The summed E-state index contributed by atoms with van der Waals surface area (Å²) in [5, 5.41) is 22.4. The zero-order valence-corrected chi connectivity index (χ0v) is 16.9. The zero-order valence-electron chi connectivity index (χ0n) is 16.1. The minimum absolute atomic E-state index is 0.0149. The molecule has 0 fully saturated rings. The Hall–Kier alpha value is -2.09. The first kappa shape index (κ1) is 23.2. The van der Waals surface area contributed by atoms with Gasteiger partial charge in [-0.3, -0.25) is 4.79 Å². The molecule has 2 aromatic rings. The van der Waals surface area contributed by atoms with Crippen molar-refractivity contribution in [3.8, 4) is 0 Å². The van der Waals surface area contributed by atoms with Crippen LogP contribution in [-0.4, -0.2) is 28.3 Å². The second-order valence-corrected chi connectivity index (χ2v) is 8.00. The van der Waals surface area contributed by atoms with E-state index in [4.69, 9.17) is 16.7 Å². The molecule has 0 heterocycles. The maximum atomic E-state index is 14.1. The molecule has 158 valence electrons. The minimum atomic E-state index is -1.37. The molecule has 0 saturated carbocycles. The van der Waals surface area contributed by atoms with Crippen LogP contribution in [0.15, 0.2) is 30.3 Å². The van der Waals surface area contributed by atoms with Gasteiger partial charge >= 0.3 is 5.97 Å². The first-order chi connectivity index (χ1) is 13.5. The van der Waals surface area contributed by atoms with Gasteiger partial charge in [0.1, 0.15) is 5.82 Å². The number of carboxylic acid groups (broad SMARTS) is 1. The average molecular weight is 430 g/mol. The van der Waals surface area contributed by atoms with Crippen molar-refractivity contribution in [3.63, 3.8) is 0 Å². The Labute approximate surface area is 172 Å². The Morgan fingerprint density at radius 1 is 1.17 bits per heavy atom. The van der Waals surface area contributed by atoms with Crippen molar-refractivity contribution < 1.29 is 28.2 Å². The summed E-state index contributed by atoms with van der Waals surface area (Å²) in [6.07, 6.45) is -1.32. The van der Waals surface area contributed by atoms with E-state index in [0.29, 0.717) is 5.56 Å². The molecule has 0 spiro atoms. The molecule has 0 radical (unpaired) electrons. The molecule has 0 unspecified atom stereocenters. The van der Waals surface area contributed by atoms with Crippen molar-refractivity contribution >= 4 is 17.6 Å². The van der Waals surface area contributed by atoms with E-state index in [-0.39, 0.29) is 42.0 Å². The van der Waals surface area contributed by atoms with Crippen LogP contribution in [0.25, 0.3) is 0 Å². The lowest BCUT2D eigenvalue weighted by atomic mass is 9.93. The predicted octanol–water partition coefficient (Wildman–Crippen LogP) is 4.42. The first-order valence-corrected chi connectivity index (χ1v) is 9.43. The Morgan fingerprint density at radius 3 is 2.48 bits per heavy atom. The van der Waals surface area contributed by atoms with Crippen LogP contribution < -0.4 is 5.32 Å². The number of hydrogen-bond donors (Lipinski definition) is 3. The second-order valence-electron chi connectivity index (χ2n) is 7.57. The van der Waals surface area contributed by atoms with Gasteiger partial charge < -0.3 is 15.5 Å². The van der Waals surface area contributed by atoms with E-state index in [0.717, 1.165) is 6.07 Å². The van der Waals surface area contributed by atoms with Crippen LogP contribution in [0.5, 0.6) is 0 Å². The third kappa shape index (κ3) is 6.73.